The van der Waals surface area contributed by atoms with E-state index in [4.69, 9.17) is 4.98 Å². The fraction of sp³-hybridized carbons (Fsp3) is 0.458. The lowest BCUT2D eigenvalue weighted by Crippen LogP contribution is -2.22. The molecular weight excluding hydrogens is 393 g/mol. The quantitative estimate of drug-likeness (QED) is 0.669. The fourth-order valence-electron chi connectivity index (χ4n) is 5.24. The third kappa shape index (κ3) is 3.71. The third-order valence-corrected chi connectivity index (χ3v) is 6.91. The van der Waals surface area contributed by atoms with Crippen molar-refractivity contribution in [3.63, 3.8) is 0 Å². The van der Waals surface area contributed by atoms with Gasteiger partial charge in [0.05, 0.1) is 12.2 Å². The van der Waals surface area contributed by atoms with E-state index in [1.54, 1.807) is 12.3 Å². The minimum atomic E-state index is -0.250. The number of nitrogens with zero attached hydrogens (tertiary/aromatic N) is 4. The molecule has 1 saturated carbocycles. The summed E-state index contributed by atoms with van der Waals surface area (Å²) in [5.74, 6) is 0.975. The molecule has 1 aromatic carbocycles. The van der Waals surface area contributed by atoms with Crippen molar-refractivity contribution in [3.05, 3.63) is 64.1 Å². The van der Waals surface area contributed by atoms with Crippen LogP contribution in [0.3, 0.4) is 0 Å². The third-order valence-electron chi connectivity index (χ3n) is 6.91. The molecule has 1 saturated heterocycles. The number of hydrogen-bond acceptors (Lipinski definition) is 4. The first-order chi connectivity index (χ1) is 15.0. The van der Waals surface area contributed by atoms with Gasteiger partial charge in [0.1, 0.15) is 17.0 Å². The number of likely N-dealkylation sites (tertiary alicyclic amines) is 1. The molecule has 3 heterocycles. The van der Waals surface area contributed by atoms with Crippen LogP contribution in [-0.4, -0.2) is 37.7 Å². The van der Waals surface area contributed by atoms with Gasteiger partial charge in [-0.2, -0.15) is 5.10 Å². The van der Waals surface area contributed by atoms with Gasteiger partial charge in [0, 0.05) is 25.6 Å². The van der Waals surface area contributed by atoms with E-state index < -0.39 is 0 Å². The molecule has 2 fully saturated rings. The van der Waals surface area contributed by atoms with E-state index in [-0.39, 0.29) is 17.3 Å². The molecule has 1 aliphatic carbocycles. The molecule has 162 valence electrons. The summed E-state index contributed by atoms with van der Waals surface area (Å²) in [6, 6.07) is 5.19. The van der Waals surface area contributed by atoms with Gasteiger partial charge in [0.15, 0.2) is 5.65 Å². The first-order valence-electron chi connectivity index (χ1n) is 11.1. The van der Waals surface area contributed by atoms with Crippen LogP contribution in [0.25, 0.3) is 17.1 Å². The topological polar surface area (TPSA) is 66.8 Å². The van der Waals surface area contributed by atoms with Crippen molar-refractivity contribution in [2.24, 2.45) is 5.92 Å². The molecule has 3 aromatic rings. The van der Waals surface area contributed by atoms with E-state index in [0.717, 1.165) is 49.4 Å². The van der Waals surface area contributed by atoms with E-state index in [2.05, 4.69) is 28.5 Å². The van der Waals surface area contributed by atoms with Gasteiger partial charge in [0.25, 0.3) is 5.56 Å². The first kappa shape index (κ1) is 20.1. The molecule has 2 aliphatic rings. The normalized spacial score (nSPS) is 22.5. The SMILES string of the molecule is C=Cc1cc(F)ccc1CN1C[C@@H](C)[C@H](c2nc3c(cnn3C3CCCC3)c(=O)[nH]2)C1. The van der Waals surface area contributed by atoms with Crippen LogP contribution >= 0.6 is 0 Å². The molecule has 0 bridgehead atoms. The van der Waals surface area contributed by atoms with Gasteiger partial charge in [-0.15, -0.1) is 0 Å². The van der Waals surface area contributed by atoms with Crippen molar-refractivity contribution in [2.75, 3.05) is 13.1 Å². The van der Waals surface area contributed by atoms with Crippen molar-refractivity contribution in [3.8, 4) is 0 Å². The number of fused-ring (bicyclic) bond motifs is 1. The number of rotatable bonds is 5. The Hall–Kier alpha value is -2.80. The molecule has 2 aromatic heterocycles. The van der Waals surface area contributed by atoms with Crippen molar-refractivity contribution in [1.29, 1.82) is 0 Å². The van der Waals surface area contributed by atoms with Gasteiger partial charge in [-0.25, -0.2) is 14.1 Å². The average Bonchev–Trinajstić information content (AvgIpc) is 3.48. The van der Waals surface area contributed by atoms with Gasteiger partial charge >= 0.3 is 0 Å². The van der Waals surface area contributed by atoms with Crippen LogP contribution in [-0.2, 0) is 6.54 Å². The largest absolute Gasteiger partial charge is 0.310 e. The molecule has 5 rings (SSSR count). The standard InChI is InChI=1S/C24H28FN5O/c1-3-16-10-18(25)9-8-17(16)13-29-12-15(2)21(14-29)22-27-23-20(24(31)28-22)11-26-30(23)19-6-4-5-7-19/h3,8-11,15,19,21H,1,4-7,12-14H2,2H3,(H,27,28,31)/t15-,21-/m1/s1. The van der Waals surface area contributed by atoms with E-state index in [9.17, 15) is 9.18 Å². The smallest absolute Gasteiger partial charge is 0.262 e. The summed E-state index contributed by atoms with van der Waals surface area (Å²) in [4.78, 5) is 23.1. The van der Waals surface area contributed by atoms with Crippen LogP contribution in [0.4, 0.5) is 4.39 Å². The summed E-state index contributed by atoms with van der Waals surface area (Å²) >= 11 is 0. The van der Waals surface area contributed by atoms with E-state index >= 15 is 0 Å². The highest BCUT2D eigenvalue weighted by molar-refractivity contribution is 5.73. The fourth-order valence-corrected chi connectivity index (χ4v) is 5.24. The lowest BCUT2D eigenvalue weighted by Gasteiger charge is -2.17. The molecule has 0 unspecified atom stereocenters. The molecule has 0 radical (unpaired) electrons. The highest BCUT2D eigenvalue weighted by Gasteiger charge is 2.33. The Morgan fingerprint density at radius 2 is 2.10 bits per heavy atom. The molecule has 1 N–H and O–H groups in total. The van der Waals surface area contributed by atoms with Gasteiger partial charge < -0.3 is 4.98 Å². The monoisotopic (exact) mass is 421 g/mol. The lowest BCUT2D eigenvalue weighted by molar-refractivity contribution is 0.318. The predicted molar refractivity (Wildman–Crippen MR) is 119 cm³/mol. The second-order valence-electron chi connectivity index (χ2n) is 9.04. The van der Waals surface area contributed by atoms with Gasteiger partial charge in [-0.3, -0.25) is 9.69 Å². The minimum Gasteiger partial charge on any atom is -0.310 e. The van der Waals surface area contributed by atoms with Crippen molar-refractivity contribution < 1.29 is 4.39 Å². The first-order valence-corrected chi connectivity index (χ1v) is 11.1. The number of halogens is 1. The summed E-state index contributed by atoms with van der Waals surface area (Å²) in [5, 5.41) is 5.08. The Kier molecular flexibility index (Phi) is 5.22. The van der Waals surface area contributed by atoms with E-state index in [1.165, 1.54) is 25.0 Å². The summed E-state index contributed by atoms with van der Waals surface area (Å²) in [5.41, 5.74) is 2.48. The Morgan fingerprint density at radius 3 is 2.87 bits per heavy atom. The van der Waals surface area contributed by atoms with Crippen LogP contribution in [0.5, 0.6) is 0 Å². The van der Waals surface area contributed by atoms with E-state index in [1.807, 2.05) is 10.7 Å². The molecular formula is C24H28FN5O. The molecule has 0 amide bonds. The minimum absolute atomic E-state index is 0.109. The van der Waals surface area contributed by atoms with Crippen LogP contribution in [0.1, 0.15) is 61.5 Å². The van der Waals surface area contributed by atoms with Crippen LogP contribution in [0.15, 0.2) is 35.8 Å². The molecule has 31 heavy (non-hydrogen) atoms. The number of H-pyrrole nitrogens is 1. The zero-order valence-corrected chi connectivity index (χ0v) is 17.9. The van der Waals surface area contributed by atoms with E-state index in [0.29, 0.717) is 23.0 Å². The maximum atomic E-state index is 13.6. The second-order valence-corrected chi connectivity index (χ2v) is 9.04. The van der Waals surface area contributed by atoms with Gasteiger partial charge in [-0.05, 0) is 42.0 Å². The number of hydrogen-bond donors (Lipinski definition) is 1. The molecule has 7 heteroatoms. The Morgan fingerprint density at radius 1 is 1.29 bits per heavy atom. The Labute approximate surface area is 180 Å². The molecule has 1 aliphatic heterocycles. The summed E-state index contributed by atoms with van der Waals surface area (Å²) in [6.07, 6.45) is 7.94. The van der Waals surface area contributed by atoms with Gasteiger partial charge in [-0.1, -0.05) is 38.5 Å². The molecule has 2 atom stereocenters. The zero-order chi connectivity index (χ0) is 21.5. The Balaban J connectivity index is 1.42. The maximum absolute atomic E-state index is 13.6. The summed E-state index contributed by atoms with van der Waals surface area (Å²) in [6.45, 7) is 8.41. The van der Waals surface area contributed by atoms with Crippen LogP contribution < -0.4 is 5.56 Å². The summed E-state index contributed by atoms with van der Waals surface area (Å²) in [7, 11) is 0. The van der Waals surface area contributed by atoms with Crippen molar-refractivity contribution >= 4 is 17.1 Å². The van der Waals surface area contributed by atoms with Crippen molar-refractivity contribution in [2.45, 2.75) is 51.1 Å². The highest BCUT2D eigenvalue weighted by Crippen LogP contribution is 2.34. The highest BCUT2D eigenvalue weighted by atomic mass is 19.1. The lowest BCUT2D eigenvalue weighted by atomic mass is 9.97. The Bertz CT molecular complexity index is 1180. The predicted octanol–water partition coefficient (Wildman–Crippen LogP) is 4.25. The van der Waals surface area contributed by atoms with Crippen molar-refractivity contribution in [1.82, 2.24) is 24.6 Å². The molecule has 0 spiro atoms. The van der Waals surface area contributed by atoms with Crippen LogP contribution in [0.2, 0.25) is 0 Å². The second kappa shape index (κ2) is 8.04. The van der Waals surface area contributed by atoms with Crippen LogP contribution in [0, 0.1) is 11.7 Å². The zero-order valence-electron chi connectivity index (χ0n) is 17.9. The van der Waals surface area contributed by atoms with Gasteiger partial charge in [0.2, 0.25) is 0 Å². The number of benzene rings is 1. The average molecular weight is 422 g/mol. The summed E-state index contributed by atoms with van der Waals surface area (Å²) < 4.78 is 15.5. The maximum Gasteiger partial charge on any atom is 0.262 e. The number of aromatic amines is 1. The molecule has 6 nitrogen and oxygen atoms in total. The number of aromatic nitrogens is 4. The number of nitrogens with one attached hydrogen (secondary N) is 1.